The van der Waals surface area contributed by atoms with Crippen molar-refractivity contribution in [2.45, 2.75) is 32.2 Å². The summed E-state index contributed by atoms with van der Waals surface area (Å²) in [4.78, 5) is 14.5. The van der Waals surface area contributed by atoms with Crippen LogP contribution in [0.15, 0.2) is 24.3 Å². The van der Waals surface area contributed by atoms with Gasteiger partial charge in [0.15, 0.2) is 5.69 Å². The van der Waals surface area contributed by atoms with Crippen molar-refractivity contribution in [2.24, 2.45) is 0 Å². The van der Waals surface area contributed by atoms with Gasteiger partial charge in [-0.25, -0.2) is 9.07 Å². The van der Waals surface area contributed by atoms with Crippen LogP contribution in [0.2, 0.25) is 0 Å². The van der Waals surface area contributed by atoms with Crippen molar-refractivity contribution in [1.82, 2.24) is 14.7 Å². The highest BCUT2D eigenvalue weighted by Gasteiger charge is 2.29. The number of carbonyl (C=O) groups is 1. The third-order valence-electron chi connectivity index (χ3n) is 4.59. The molecule has 0 N–H and O–H groups in total. The predicted octanol–water partition coefficient (Wildman–Crippen LogP) is 2.61. The van der Waals surface area contributed by atoms with Gasteiger partial charge in [0.25, 0.3) is 5.91 Å². The molecule has 0 bridgehead atoms. The lowest BCUT2D eigenvalue weighted by molar-refractivity contribution is 0.0626. The number of halogens is 1. The molecule has 128 valence electrons. The van der Waals surface area contributed by atoms with E-state index in [2.05, 4.69) is 5.10 Å². The fraction of sp³-hybridized carbons (Fsp3) is 0.444. The molecule has 0 spiro atoms. The third-order valence-corrected chi connectivity index (χ3v) is 4.59. The van der Waals surface area contributed by atoms with E-state index in [1.54, 1.807) is 35.9 Å². The quantitative estimate of drug-likeness (QED) is 0.846. The summed E-state index contributed by atoms with van der Waals surface area (Å²) in [6, 6.07) is 6.16. The minimum atomic E-state index is -0.285. The molecular formula is C18H22FN3O2. The number of carbonyl (C=O) groups excluding carboxylic acids is 1. The van der Waals surface area contributed by atoms with Gasteiger partial charge in [0, 0.05) is 25.4 Å². The number of rotatable bonds is 5. The number of nitrogens with zero attached hydrogens (tertiary/aromatic N) is 3. The van der Waals surface area contributed by atoms with E-state index in [0.717, 1.165) is 36.2 Å². The molecule has 0 fully saturated rings. The Morgan fingerprint density at radius 1 is 1.38 bits per heavy atom. The van der Waals surface area contributed by atoms with Crippen LogP contribution in [0.25, 0.3) is 5.69 Å². The van der Waals surface area contributed by atoms with Crippen molar-refractivity contribution in [3.05, 3.63) is 47.0 Å². The van der Waals surface area contributed by atoms with E-state index in [1.165, 1.54) is 12.1 Å². The second kappa shape index (κ2) is 6.73. The van der Waals surface area contributed by atoms with Gasteiger partial charge in [0.05, 0.1) is 18.3 Å². The molecule has 0 unspecified atom stereocenters. The maximum absolute atomic E-state index is 13.2. The van der Waals surface area contributed by atoms with Crippen molar-refractivity contribution in [3.63, 3.8) is 0 Å². The number of hydrogen-bond donors (Lipinski definition) is 0. The lowest BCUT2D eigenvalue weighted by atomic mass is 10.1. The molecule has 1 atom stereocenters. The second-order valence-electron chi connectivity index (χ2n) is 6.24. The summed E-state index contributed by atoms with van der Waals surface area (Å²) in [6.45, 7) is 2.42. The van der Waals surface area contributed by atoms with Gasteiger partial charge in [0.2, 0.25) is 0 Å². The van der Waals surface area contributed by atoms with Crippen molar-refractivity contribution in [2.75, 3.05) is 20.8 Å². The Morgan fingerprint density at radius 3 is 2.75 bits per heavy atom. The van der Waals surface area contributed by atoms with Crippen LogP contribution in [-0.4, -0.2) is 47.4 Å². The average Bonchev–Trinajstić information content (AvgIpc) is 3.17. The predicted molar refractivity (Wildman–Crippen MR) is 89.0 cm³/mol. The van der Waals surface area contributed by atoms with Crippen LogP contribution in [0.4, 0.5) is 4.39 Å². The largest absolute Gasteiger partial charge is 0.383 e. The van der Waals surface area contributed by atoms with Crippen LogP contribution in [0.3, 0.4) is 0 Å². The molecular weight excluding hydrogens is 309 g/mol. The molecule has 0 aliphatic heterocycles. The van der Waals surface area contributed by atoms with Crippen LogP contribution >= 0.6 is 0 Å². The van der Waals surface area contributed by atoms with Gasteiger partial charge in [0.1, 0.15) is 5.82 Å². The normalized spacial score (nSPS) is 14.5. The topological polar surface area (TPSA) is 47.4 Å². The third kappa shape index (κ3) is 2.94. The summed E-state index contributed by atoms with van der Waals surface area (Å²) in [5.74, 6) is -0.384. The molecule has 1 amide bonds. The molecule has 3 rings (SSSR count). The number of amides is 1. The Morgan fingerprint density at radius 2 is 2.08 bits per heavy atom. The summed E-state index contributed by atoms with van der Waals surface area (Å²) in [7, 11) is 3.39. The molecule has 1 aliphatic rings. The van der Waals surface area contributed by atoms with Gasteiger partial charge in [-0.05, 0) is 50.5 Å². The first-order valence-corrected chi connectivity index (χ1v) is 8.15. The Hall–Kier alpha value is -2.21. The van der Waals surface area contributed by atoms with Crippen LogP contribution in [-0.2, 0) is 17.6 Å². The highest BCUT2D eigenvalue weighted by Crippen LogP contribution is 2.28. The molecule has 0 saturated carbocycles. The summed E-state index contributed by atoms with van der Waals surface area (Å²) >= 11 is 0. The lowest BCUT2D eigenvalue weighted by Crippen LogP contribution is -2.38. The number of hydrogen-bond acceptors (Lipinski definition) is 3. The minimum Gasteiger partial charge on any atom is -0.383 e. The second-order valence-corrected chi connectivity index (χ2v) is 6.24. The van der Waals surface area contributed by atoms with Crippen molar-refractivity contribution < 1.29 is 13.9 Å². The number of likely N-dealkylation sites (N-methyl/N-ethyl adjacent to an activating group) is 1. The van der Waals surface area contributed by atoms with Crippen LogP contribution in [0.5, 0.6) is 0 Å². The Balaban J connectivity index is 1.97. The monoisotopic (exact) mass is 331 g/mol. The maximum Gasteiger partial charge on any atom is 0.274 e. The van der Waals surface area contributed by atoms with Gasteiger partial charge in [-0.1, -0.05) is 0 Å². The van der Waals surface area contributed by atoms with E-state index in [4.69, 9.17) is 4.74 Å². The molecule has 0 saturated heterocycles. The van der Waals surface area contributed by atoms with E-state index in [9.17, 15) is 9.18 Å². The standard InChI is InChI=1S/C18H22FN3O2/c1-12(11-24-3)21(2)18(23)17-15-5-4-6-16(15)22(20-17)14-9-7-13(19)8-10-14/h7-10,12H,4-6,11H2,1-3H3/t12-/m1/s1. The van der Waals surface area contributed by atoms with Gasteiger partial charge in [-0.3, -0.25) is 4.79 Å². The highest BCUT2D eigenvalue weighted by atomic mass is 19.1. The summed E-state index contributed by atoms with van der Waals surface area (Å²) < 4.78 is 20.1. The van der Waals surface area contributed by atoms with Crippen LogP contribution in [0.1, 0.15) is 35.1 Å². The first kappa shape index (κ1) is 16.6. The van der Waals surface area contributed by atoms with Gasteiger partial charge in [-0.2, -0.15) is 5.10 Å². The lowest BCUT2D eigenvalue weighted by Gasteiger charge is -2.23. The Kier molecular flexibility index (Phi) is 4.66. The zero-order chi connectivity index (χ0) is 17.3. The Bertz CT molecular complexity index is 739. The molecule has 1 aromatic carbocycles. The number of ether oxygens (including phenoxy) is 1. The molecule has 1 aliphatic carbocycles. The van der Waals surface area contributed by atoms with Gasteiger partial charge in [-0.15, -0.1) is 0 Å². The molecule has 0 radical (unpaired) electrons. The minimum absolute atomic E-state index is 0.0319. The Labute approximate surface area is 141 Å². The first-order chi connectivity index (χ1) is 11.5. The molecule has 1 heterocycles. The fourth-order valence-corrected chi connectivity index (χ4v) is 3.13. The van der Waals surface area contributed by atoms with Gasteiger partial charge >= 0.3 is 0 Å². The maximum atomic E-state index is 13.2. The molecule has 6 heteroatoms. The number of methoxy groups -OCH3 is 1. The van der Waals surface area contributed by atoms with Crippen LogP contribution < -0.4 is 0 Å². The van der Waals surface area contributed by atoms with Gasteiger partial charge < -0.3 is 9.64 Å². The van der Waals surface area contributed by atoms with Crippen LogP contribution in [0, 0.1) is 5.82 Å². The fourth-order valence-electron chi connectivity index (χ4n) is 3.13. The molecule has 2 aromatic rings. The van der Waals surface area contributed by atoms with Crippen molar-refractivity contribution in [1.29, 1.82) is 0 Å². The smallest absolute Gasteiger partial charge is 0.274 e. The van der Waals surface area contributed by atoms with Crippen molar-refractivity contribution >= 4 is 5.91 Å². The molecule has 24 heavy (non-hydrogen) atoms. The van der Waals surface area contributed by atoms with E-state index < -0.39 is 0 Å². The number of fused-ring (bicyclic) bond motifs is 1. The zero-order valence-corrected chi connectivity index (χ0v) is 14.3. The average molecular weight is 331 g/mol. The van der Waals surface area contributed by atoms with E-state index in [1.807, 2.05) is 6.92 Å². The first-order valence-electron chi connectivity index (χ1n) is 8.15. The van der Waals surface area contributed by atoms with E-state index >= 15 is 0 Å². The SMILES string of the molecule is COC[C@@H](C)N(C)C(=O)c1nn(-c2ccc(F)cc2)c2c1CCC2. The van der Waals surface area contributed by atoms with E-state index in [0.29, 0.717) is 12.3 Å². The zero-order valence-electron chi connectivity index (χ0n) is 14.3. The number of benzene rings is 1. The van der Waals surface area contributed by atoms with E-state index in [-0.39, 0.29) is 17.8 Å². The number of aromatic nitrogens is 2. The molecule has 5 nitrogen and oxygen atoms in total. The van der Waals surface area contributed by atoms with Crippen molar-refractivity contribution in [3.8, 4) is 5.69 Å². The summed E-state index contributed by atoms with van der Waals surface area (Å²) in [6.07, 6.45) is 2.74. The highest BCUT2D eigenvalue weighted by molar-refractivity contribution is 5.94. The summed E-state index contributed by atoms with van der Waals surface area (Å²) in [5.41, 5.74) is 3.34. The summed E-state index contributed by atoms with van der Waals surface area (Å²) in [5, 5.41) is 4.56. The molecule has 1 aromatic heterocycles.